The van der Waals surface area contributed by atoms with Crippen molar-refractivity contribution < 1.29 is 18.8 Å². The summed E-state index contributed by atoms with van der Waals surface area (Å²) in [6.45, 7) is 1.89. The van der Waals surface area contributed by atoms with Crippen molar-refractivity contribution >= 4 is 23.5 Å². The van der Waals surface area contributed by atoms with Gasteiger partial charge in [-0.25, -0.2) is 9.37 Å². The number of piperazine rings is 1. The number of aromatic nitrogens is 1. The van der Waals surface area contributed by atoms with E-state index < -0.39 is 23.5 Å². The van der Waals surface area contributed by atoms with Gasteiger partial charge in [-0.15, -0.1) is 0 Å². The normalized spacial score (nSPS) is 14.9. The minimum Gasteiger partial charge on any atom is -0.368 e. The fourth-order valence-electron chi connectivity index (χ4n) is 1.93. The van der Waals surface area contributed by atoms with Crippen LogP contribution in [0.2, 0.25) is 0 Å². The molecule has 0 spiro atoms. The second-order valence-corrected chi connectivity index (χ2v) is 4.58. The molecule has 1 saturated heterocycles. The van der Waals surface area contributed by atoms with E-state index in [4.69, 9.17) is 0 Å². The number of hydrogen-bond acceptors (Lipinski definition) is 5. The van der Waals surface area contributed by atoms with Crippen molar-refractivity contribution in [2.45, 2.75) is 13.3 Å². The van der Waals surface area contributed by atoms with Gasteiger partial charge in [-0.05, 0) is 12.5 Å². The van der Waals surface area contributed by atoms with Crippen LogP contribution in [0.4, 0.5) is 10.2 Å². The molecule has 8 heteroatoms. The van der Waals surface area contributed by atoms with Crippen molar-refractivity contribution in [3.63, 3.8) is 0 Å². The third-order valence-electron chi connectivity index (χ3n) is 2.90. The van der Waals surface area contributed by atoms with E-state index in [1.807, 2.05) is 6.92 Å². The number of nitrogens with zero attached hydrogens (tertiary/aromatic N) is 2. The van der Waals surface area contributed by atoms with E-state index in [-0.39, 0.29) is 24.5 Å². The van der Waals surface area contributed by atoms with Crippen molar-refractivity contribution in [1.82, 2.24) is 15.2 Å². The topological polar surface area (TPSA) is 91.4 Å². The largest absolute Gasteiger partial charge is 0.368 e. The Morgan fingerprint density at radius 1 is 1.43 bits per heavy atom. The van der Waals surface area contributed by atoms with E-state index in [9.17, 15) is 18.8 Å². The molecule has 2 rings (SSSR count). The molecular weight excluding hydrogens is 279 g/mol. The molecule has 7 nitrogen and oxygen atoms in total. The number of halogens is 1. The quantitative estimate of drug-likeness (QED) is 0.771. The van der Waals surface area contributed by atoms with Gasteiger partial charge in [0, 0.05) is 12.7 Å². The number of anilines is 1. The predicted molar refractivity (Wildman–Crippen MR) is 72.0 cm³/mol. The molecule has 0 unspecified atom stereocenters. The Balaban J connectivity index is 2.22. The predicted octanol–water partition coefficient (Wildman–Crippen LogP) is 0.141. The number of hydrogen-bond donors (Lipinski definition) is 2. The van der Waals surface area contributed by atoms with Crippen molar-refractivity contribution in [2.75, 3.05) is 25.0 Å². The maximum atomic E-state index is 14.2. The molecule has 1 fully saturated rings. The molecule has 1 aromatic heterocycles. The van der Waals surface area contributed by atoms with Crippen LogP contribution < -0.4 is 10.6 Å². The summed E-state index contributed by atoms with van der Waals surface area (Å²) in [6.07, 6.45) is 2.08. The van der Waals surface area contributed by atoms with Crippen LogP contribution in [-0.2, 0) is 9.59 Å². The van der Waals surface area contributed by atoms with Crippen molar-refractivity contribution in [3.05, 3.63) is 23.6 Å². The number of pyridine rings is 1. The number of imide groups is 1. The zero-order valence-electron chi connectivity index (χ0n) is 11.5. The minimum atomic E-state index is -0.783. The van der Waals surface area contributed by atoms with Crippen LogP contribution in [0.5, 0.6) is 0 Å². The molecule has 0 atom stereocenters. The summed E-state index contributed by atoms with van der Waals surface area (Å²) in [6, 6.07) is 1.23. The van der Waals surface area contributed by atoms with Gasteiger partial charge in [0.15, 0.2) is 11.6 Å². The third-order valence-corrected chi connectivity index (χ3v) is 2.90. The van der Waals surface area contributed by atoms with Gasteiger partial charge in [0.2, 0.25) is 11.8 Å². The van der Waals surface area contributed by atoms with E-state index in [1.54, 1.807) is 0 Å². The van der Waals surface area contributed by atoms with E-state index in [2.05, 4.69) is 15.6 Å². The van der Waals surface area contributed by atoms with Crippen molar-refractivity contribution in [2.24, 2.45) is 0 Å². The second kappa shape index (κ2) is 6.29. The van der Waals surface area contributed by atoms with Crippen LogP contribution in [0.1, 0.15) is 23.7 Å². The fraction of sp³-hybridized carbons (Fsp3) is 0.385. The molecule has 0 radical (unpaired) electrons. The van der Waals surface area contributed by atoms with Crippen LogP contribution >= 0.6 is 0 Å². The van der Waals surface area contributed by atoms with E-state index >= 15 is 0 Å². The Morgan fingerprint density at radius 2 is 2.10 bits per heavy atom. The van der Waals surface area contributed by atoms with Crippen LogP contribution in [0.15, 0.2) is 12.3 Å². The molecular formula is C13H15FN4O3. The molecule has 2 N–H and O–H groups in total. The van der Waals surface area contributed by atoms with Gasteiger partial charge in [-0.2, -0.15) is 0 Å². The summed E-state index contributed by atoms with van der Waals surface area (Å²) in [5, 5.41) is 4.85. The minimum absolute atomic E-state index is 0.0181. The first kappa shape index (κ1) is 14.9. The zero-order valence-corrected chi connectivity index (χ0v) is 11.5. The highest BCUT2D eigenvalue weighted by Gasteiger charge is 2.29. The molecule has 1 aliphatic heterocycles. The summed E-state index contributed by atoms with van der Waals surface area (Å²) < 4.78 is 14.2. The molecule has 0 bridgehead atoms. The highest BCUT2D eigenvalue weighted by atomic mass is 19.1. The summed E-state index contributed by atoms with van der Waals surface area (Å²) in [7, 11) is 0. The lowest BCUT2D eigenvalue weighted by atomic mass is 10.2. The molecule has 3 amide bonds. The van der Waals surface area contributed by atoms with E-state index in [0.717, 1.165) is 11.3 Å². The van der Waals surface area contributed by atoms with Gasteiger partial charge in [-0.1, -0.05) is 6.92 Å². The van der Waals surface area contributed by atoms with Crippen LogP contribution in [0, 0.1) is 5.82 Å². The maximum absolute atomic E-state index is 14.2. The van der Waals surface area contributed by atoms with Gasteiger partial charge in [0.25, 0.3) is 5.91 Å². The Morgan fingerprint density at radius 3 is 2.71 bits per heavy atom. The third kappa shape index (κ3) is 3.33. The zero-order chi connectivity index (χ0) is 15.4. The number of carbonyl (C=O) groups excluding carboxylic acids is 3. The summed E-state index contributed by atoms with van der Waals surface area (Å²) in [5.74, 6) is -2.68. The van der Waals surface area contributed by atoms with Gasteiger partial charge in [0.05, 0.1) is 5.56 Å². The SMILES string of the molecule is CCCNc1nccc(C(=O)N2CC(=O)NC(=O)C2)c1F. The van der Waals surface area contributed by atoms with Crippen molar-refractivity contribution in [1.29, 1.82) is 0 Å². The van der Waals surface area contributed by atoms with Gasteiger partial charge < -0.3 is 10.2 Å². The van der Waals surface area contributed by atoms with Gasteiger partial charge >= 0.3 is 0 Å². The smallest absolute Gasteiger partial charge is 0.257 e. The van der Waals surface area contributed by atoms with Crippen LogP contribution in [-0.4, -0.2) is 47.2 Å². The Hall–Kier alpha value is -2.51. The number of amides is 3. The van der Waals surface area contributed by atoms with Crippen LogP contribution in [0.25, 0.3) is 0 Å². The molecule has 0 saturated carbocycles. The summed E-state index contributed by atoms with van der Waals surface area (Å²) >= 11 is 0. The first-order valence-corrected chi connectivity index (χ1v) is 6.53. The van der Waals surface area contributed by atoms with Gasteiger partial charge in [0.1, 0.15) is 13.1 Å². The Labute approximate surface area is 120 Å². The maximum Gasteiger partial charge on any atom is 0.257 e. The Kier molecular flexibility index (Phi) is 4.46. The molecule has 0 aromatic carbocycles. The fourth-order valence-corrected chi connectivity index (χ4v) is 1.93. The molecule has 1 aliphatic rings. The number of carbonyl (C=O) groups is 3. The average molecular weight is 294 g/mol. The van der Waals surface area contributed by atoms with Crippen molar-refractivity contribution in [3.8, 4) is 0 Å². The van der Waals surface area contributed by atoms with Crippen LogP contribution in [0.3, 0.4) is 0 Å². The highest BCUT2D eigenvalue weighted by Crippen LogP contribution is 2.17. The molecule has 2 heterocycles. The molecule has 21 heavy (non-hydrogen) atoms. The standard InChI is InChI=1S/C13H15FN4O3/c1-2-4-15-12-11(14)8(3-5-16-12)13(21)18-6-9(19)17-10(20)7-18/h3,5H,2,4,6-7H2,1H3,(H,15,16)(H,17,19,20). The van der Waals surface area contributed by atoms with Gasteiger partial charge in [-0.3, -0.25) is 19.7 Å². The van der Waals surface area contributed by atoms with E-state index in [0.29, 0.717) is 6.54 Å². The lowest BCUT2D eigenvalue weighted by Gasteiger charge is -2.25. The lowest BCUT2D eigenvalue weighted by Crippen LogP contribution is -2.53. The second-order valence-electron chi connectivity index (χ2n) is 4.58. The van der Waals surface area contributed by atoms with E-state index in [1.165, 1.54) is 12.3 Å². The summed E-state index contributed by atoms with van der Waals surface area (Å²) in [5.41, 5.74) is -0.217. The monoisotopic (exact) mass is 294 g/mol. The number of rotatable bonds is 4. The lowest BCUT2D eigenvalue weighted by molar-refractivity contribution is -0.135. The number of nitrogens with one attached hydrogen (secondary N) is 2. The first-order valence-electron chi connectivity index (χ1n) is 6.53. The Bertz CT molecular complexity index is 575. The first-order chi connectivity index (χ1) is 10.0. The molecule has 112 valence electrons. The molecule has 1 aromatic rings. The highest BCUT2D eigenvalue weighted by molar-refractivity contribution is 6.05. The average Bonchev–Trinajstić information content (AvgIpc) is 2.44. The summed E-state index contributed by atoms with van der Waals surface area (Å²) in [4.78, 5) is 39.6. The molecule has 0 aliphatic carbocycles.